The fourth-order valence-corrected chi connectivity index (χ4v) is 4.43. The third kappa shape index (κ3) is 3.49. The zero-order valence-corrected chi connectivity index (χ0v) is 17.7. The van der Waals surface area contributed by atoms with Crippen molar-refractivity contribution in [3.05, 3.63) is 86.7 Å². The Bertz CT molecular complexity index is 1140. The lowest BCUT2D eigenvalue weighted by atomic mass is 10.1. The summed E-state index contributed by atoms with van der Waals surface area (Å²) in [4.78, 5) is 29.0. The minimum atomic E-state index is -0.328. The summed E-state index contributed by atoms with van der Waals surface area (Å²) in [6, 6.07) is 15.6. The van der Waals surface area contributed by atoms with Crippen molar-refractivity contribution < 1.29 is 9.59 Å². The molecule has 0 fully saturated rings. The van der Waals surface area contributed by atoms with E-state index in [0.29, 0.717) is 17.0 Å². The van der Waals surface area contributed by atoms with E-state index >= 15 is 0 Å². The van der Waals surface area contributed by atoms with Crippen LogP contribution >= 0.6 is 11.3 Å². The van der Waals surface area contributed by atoms with Gasteiger partial charge in [-0.3, -0.25) is 9.59 Å². The van der Waals surface area contributed by atoms with E-state index in [1.807, 2.05) is 75.5 Å². The van der Waals surface area contributed by atoms with Crippen molar-refractivity contribution in [3.63, 3.8) is 0 Å². The quantitative estimate of drug-likeness (QED) is 0.596. The SMILES string of the molecule is Cc1cc(C)cc(NC2=C(c3cccs3)C(=O)N(c3cc(C)ccc3C)C2=O)c1. The molecule has 1 aromatic heterocycles. The third-order valence-electron chi connectivity index (χ3n) is 4.95. The van der Waals surface area contributed by atoms with E-state index in [4.69, 9.17) is 0 Å². The normalized spacial score (nSPS) is 14.1. The summed E-state index contributed by atoms with van der Waals surface area (Å²) in [6.07, 6.45) is 0. The minimum Gasteiger partial charge on any atom is -0.350 e. The predicted octanol–water partition coefficient (Wildman–Crippen LogP) is 5.38. The molecule has 146 valence electrons. The second-order valence-electron chi connectivity index (χ2n) is 7.46. The van der Waals surface area contributed by atoms with Gasteiger partial charge in [0.05, 0.1) is 11.3 Å². The molecule has 0 radical (unpaired) electrons. The van der Waals surface area contributed by atoms with Crippen molar-refractivity contribution in [2.75, 3.05) is 10.2 Å². The number of nitrogens with one attached hydrogen (secondary N) is 1. The second kappa shape index (κ2) is 7.33. The highest BCUT2D eigenvalue weighted by molar-refractivity contribution is 7.11. The Balaban J connectivity index is 1.84. The Morgan fingerprint density at radius 1 is 0.828 bits per heavy atom. The molecule has 4 rings (SSSR count). The molecule has 2 aromatic carbocycles. The van der Waals surface area contributed by atoms with Gasteiger partial charge < -0.3 is 5.32 Å². The lowest BCUT2D eigenvalue weighted by Gasteiger charge is -2.18. The van der Waals surface area contributed by atoms with Crippen LogP contribution in [0.5, 0.6) is 0 Å². The molecule has 1 aliphatic heterocycles. The summed E-state index contributed by atoms with van der Waals surface area (Å²) in [7, 11) is 0. The number of aryl methyl sites for hydroxylation is 4. The van der Waals surface area contributed by atoms with Crippen LogP contribution in [0.2, 0.25) is 0 Å². The van der Waals surface area contributed by atoms with Gasteiger partial charge in [0.1, 0.15) is 5.70 Å². The van der Waals surface area contributed by atoms with E-state index in [1.54, 1.807) is 0 Å². The summed E-state index contributed by atoms with van der Waals surface area (Å²) >= 11 is 1.45. The molecule has 0 bridgehead atoms. The van der Waals surface area contributed by atoms with Crippen molar-refractivity contribution in [2.45, 2.75) is 27.7 Å². The maximum atomic E-state index is 13.4. The van der Waals surface area contributed by atoms with Crippen LogP contribution in [0.25, 0.3) is 5.57 Å². The Labute approximate surface area is 174 Å². The summed E-state index contributed by atoms with van der Waals surface area (Å²) in [5.41, 5.74) is 6.24. The number of carbonyl (C=O) groups excluding carboxylic acids is 2. The van der Waals surface area contributed by atoms with Crippen molar-refractivity contribution in [1.82, 2.24) is 0 Å². The van der Waals surface area contributed by atoms with Gasteiger partial charge in [-0.25, -0.2) is 4.90 Å². The number of imide groups is 1. The number of benzene rings is 2. The van der Waals surface area contributed by atoms with Gasteiger partial charge in [-0.1, -0.05) is 24.3 Å². The number of hydrogen-bond acceptors (Lipinski definition) is 4. The van der Waals surface area contributed by atoms with Crippen molar-refractivity contribution in [1.29, 1.82) is 0 Å². The number of anilines is 2. The van der Waals surface area contributed by atoms with Gasteiger partial charge in [-0.05, 0) is 79.6 Å². The van der Waals surface area contributed by atoms with Crippen LogP contribution in [0.3, 0.4) is 0 Å². The van der Waals surface area contributed by atoms with Gasteiger partial charge in [0.15, 0.2) is 0 Å². The summed E-state index contributed by atoms with van der Waals surface area (Å²) < 4.78 is 0. The number of rotatable bonds is 4. The molecule has 0 saturated carbocycles. The van der Waals surface area contributed by atoms with Gasteiger partial charge in [-0.2, -0.15) is 0 Å². The average molecular weight is 403 g/mol. The van der Waals surface area contributed by atoms with Crippen LogP contribution in [-0.2, 0) is 9.59 Å². The topological polar surface area (TPSA) is 49.4 Å². The standard InChI is InChI=1S/C24H22N2O2S/c1-14-7-8-17(4)19(13-14)26-23(27)21(20-6-5-9-29-20)22(24(26)28)25-18-11-15(2)10-16(3)12-18/h5-13,25H,1-4H3. The first kappa shape index (κ1) is 19.2. The van der Waals surface area contributed by atoms with E-state index in [2.05, 4.69) is 11.4 Å². The fraction of sp³-hybridized carbons (Fsp3) is 0.167. The van der Waals surface area contributed by atoms with Gasteiger partial charge >= 0.3 is 0 Å². The molecule has 1 N–H and O–H groups in total. The molecular weight excluding hydrogens is 380 g/mol. The number of carbonyl (C=O) groups is 2. The van der Waals surface area contributed by atoms with E-state index in [-0.39, 0.29) is 11.8 Å². The third-order valence-corrected chi connectivity index (χ3v) is 5.84. The molecule has 2 amide bonds. The van der Waals surface area contributed by atoms with Crippen LogP contribution in [0.15, 0.2) is 59.6 Å². The number of nitrogens with zero attached hydrogens (tertiary/aromatic N) is 1. The molecule has 0 spiro atoms. The van der Waals surface area contributed by atoms with Crippen LogP contribution in [0.4, 0.5) is 11.4 Å². The first-order valence-corrected chi connectivity index (χ1v) is 10.3. The van der Waals surface area contributed by atoms with Crippen LogP contribution in [0, 0.1) is 27.7 Å². The van der Waals surface area contributed by atoms with E-state index in [0.717, 1.165) is 32.8 Å². The van der Waals surface area contributed by atoms with E-state index in [1.165, 1.54) is 16.2 Å². The maximum Gasteiger partial charge on any atom is 0.282 e. The highest BCUT2D eigenvalue weighted by atomic mass is 32.1. The first-order valence-electron chi connectivity index (χ1n) is 9.44. The van der Waals surface area contributed by atoms with Gasteiger partial charge in [-0.15, -0.1) is 11.3 Å². The monoisotopic (exact) mass is 402 g/mol. The molecular formula is C24H22N2O2S. The smallest absolute Gasteiger partial charge is 0.282 e. The fourth-order valence-electron chi connectivity index (χ4n) is 3.67. The highest BCUT2D eigenvalue weighted by Crippen LogP contribution is 2.37. The molecule has 3 aromatic rings. The van der Waals surface area contributed by atoms with Crippen LogP contribution in [-0.4, -0.2) is 11.8 Å². The maximum absolute atomic E-state index is 13.4. The van der Waals surface area contributed by atoms with E-state index in [9.17, 15) is 9.59 Å². The second-order valence-corrected chi connectivity index (χ2v) is 8.41. The molecule has 4 nitrogen and oxygen atoms in total. The molecule has 1 aliphatic rings. The molecule has 0 aliphatic carbocycles. The van der Waals surface area contributed by atoms with E-state index < -0.39 is 0 Å². The Hall–Kier alpha value is -3.18. The molecule has 0 unspecified atom stereocenters. The molecule has 5 heteroatoms. The van der Waals surface area contributed by atoms with Gasteiger partial charge in [0.25, 0.3) is 11.8 Å². The van der Waals surface area contributed by atoms with Crippen molar-refractivity contribution in [2.24, 2.45) is 0 Å². The molecule has 0 atom stereocenters. The molecule has 0 saturated heterocycles. The van der Waals surface area contributed by atoms with Gasteiger partial charge in [0, 0.05) is 10.6 Å². The predicted molar refractivity (Wildman–Crippen MR) is 119 cm³/mol. The summed E-state index contributed by atoms with van der Waals surface area (Å²) in [6.45, 7) is 7.89. The van der Waals surface area contributed by atoms with Crippen molar-refractivity contribution in [3.8, 4) is 0 Å². The Morgan fingerprint density at radius 2 is 1.55 bits per heavy atom. The lowest BCUT2D eigenvalue weighted by Crippen LogP contribution is -2.33. The Morgan fingerprint density at radius 3 is 2.21 bits per heavy atom. The van der Waals surface area contributed by atoms with Crippen molar-refractivity contribution >= 4 is 40.1 Å². The number of hydrogen-bond donors (Lipinski definition) is 1. The highest BCUT2D eigenvalue weighted by Gasteiger charge is 2.41. The lowest BCUT2D eigenvalue weighted by molar-refractivity contribution is -0.120. The van der Waals surface area contributed by atoms with Gasteiger partial charge in [0.2, 0.25) is 0 Å². The first-order chi connectivity index (χ1) is 13.8. The zero-order valence-electron chi connectivity index (χ0n) is 16.9. The zero-order chi connectivity index (χ0) is 20.7. The number of thiophene rings is 1. The summed E-state index contributed by atoms with van der Waals surface area (Å²) in [5.74, 6) is -0.621. The number of amides is 2. The molecule has 29 heavy (non-hydrogen) atoms. The van der Waals surface area contributed by atoms with Crippen LogP contribution in [0.1, 0.15) is 27.1 Å². The Kier molecular flexibility index (Phi) is 4.84. The van der Waals surface area contributed by atoms with Crippen LogP contribution < -0.4 is 10.2 Å². The minimum absolute atomic E-state index is 0.293. The largest absolute Gasteiger partial charge is 0.350 e. The summed E-state index contributed by atoms with van der Waals surface area (Å²) in [5, 5.41) is 5.16. The molecule has 2 heterocycles. The average Bonchev–Trinajstić information content (AvgIpc) is 3.24.